The first-order valence-electron chi connectivity index (χ1n) is 5.34. The molecule has 0 amide bonds. The standard InChI is InChI=1S/C9H24N4O2S/c1-11(2)8-9-13(4)16(14,15)12(3)7-5-6-10/h5-10H2,1-4H3. The van der Waals surface area contributed by atoms with Crippen molar-refractivity contribution >= 4 is 10.2 Å². The minimum absolute atomic E-state index is 0.463. The van der Waals surface area contributed by atoms with E-state index in [1.807, 2.05) is 19.0 Å². The highest BCUT2D eigenvalue weighted by Gasteiger charge is 2.22. The summed E-state index contributed by atoms with van der Waals surface area (Å²) in [5, 5.41) is 0. The summed E-state index contributed by atoms with van der Waals surface area (Å²) in [4.78, 5) is 1.95. The van der Waals surface area contributed by atoms with Gasteiger partial charge in [0.05, 0.1) is 0 Å². The molecular weight excluding hydrogens is 228 g/mol. The number of hydrogen-bond acceptors (Lipinski definition) is 4. The maximum atomic E-state index is 11.9. The van der Waals surface area contributed by atoms with Crippen molar-refractivity contribution in [1.82, 2.24) is 13.5 Å². The zero-order valence-electron chi connectivity index (χ0n) is 10.7. The van der Waals surface area contributed by atoms with E-state index in [0.717, 1.165) is 0 Å². The summed E-state index contributed by atoms with van der Waals surface area (Å²) < 4.78 is 26.6. The molecule has 0 spiro atoms. The summed E-state index contributed by atoms with van der Waals surface area (Å²) in [7, 11) is 3.68. The average Bonchev–Trinajstić information content (AvgIpc) is 2.21. The first-order valence-corrected chi connectivity index (χ1v) is 6.74. The van der Waals surface area contributed by atoms with Crippen molar-refractivity contribution in [2.45, 2.75) is 6.42 Å². The van der Waals surface area contributed by atoms with Gasteiger partial charge in [-0.05, 0) is 27.1 Å². The molecule has 0 atom stereocenters. The molecule has 0 aromatic rings. The molecule has 0 unspecified atom stereocenters. The molecule has 0 saturated heterocycles. The van der Waals surface area contributed by atoms with Gasteiger partial charge in [0.25, 0.3) is 10.2 Å². The molecule has 0 aromatic heterocycles. The molecule has 7 heteroatoms. The van der Waals surface area contributed by atoms with Crippen LogP contribution in [0.4, 0.5) is 0 Å². The van der Waals surface area contributed by atoms with E-state index in [0.29, 0.717) is 32.6 Å². The lowest BCUT2D eigenvalue weighted by Crippen LogP contribution is -2.42. The highest BCUT2D eigenvalue weighted by atomic mass is 32.2. The molecule has 98 valence electrons. The van der Waals surface area contributed by atoms with E-state index < -0.39 is 10.2 Å². The first kappa shape index (κ1) is 15.8. The Morgan fingerprint density at radius 3 is 1.88 bits per heavy atom. The Kier molecular flexibility index (Phi) is 7.09. The van der Waals surface area contributed by atoms with Gasteiger partial charge in [0.1, 0.15) is 0 Å². The highest BCUT2D eigenvalue weighted by molar-refractivity contribution is 7.86. The second-order valence-electron chi connectivity index (χ2n) is 4.10. The fourth-order valence-corrected chi connectivity index (χ4v) is 2.27. The normalized spacial score (nSPS) is 13.0. The van der Waals surface area contributed by atoms with Crippen LogP contribution in [0, 0.1) is 0 Å². The van der Waals surface area contributed by atoms with Gasteiger partial charge in [-0.15, -0.1) is 0 Å². The van der Waals surface area contributed by atoms with Crippen molar-refractivity contribution in [2.24, 2.45) is 5.73 Å². The second-order valence-corrected chi connectivity index (χ2v) is 6.24. The third-order valence-corrected chi connectivity index (χ3v) is 4.27. The fourth-order valence-electron chi connectivity index (χ4n) is 1.12. The smallest absolute Gasteiger partial charge is 0.281 e. The zero-order valence-corrected chi connectivity index (χ0v) is 11.5. The Morgan fingerprint density at radius 1 is 0.938 bits per heavy atom. The van der Waals surface area contributed by atoms with E-state index >= 15 is 0 Å². The Balaban J connectivity index is 4.29. The SMILES string of the molecule is CN(C)CCN(C)S(=O)(=O)N(C)CCCN. The Morgan fingerprint density at radius 2 is 1.44 bits per heavy atom. The number of rotatable bonds is 8. The van der Waals surface area contributed by atoms with Gasteiger partial charge in [0.2, 0.25) is 0 Å². The molecule has 0 bridgehead atoms. The Hall–Kier alpha value is -0.210. The lowest BCUT2D eigenvalue weighted by molar-refractivity contribution is 0.338. The molecule has 0 aromatic carbocycles. The maximum Gasteiger partial charge on any atom is 0.281 e. The van der Waals surface area contributed by atoms with Gasteiger partial charge in [0.15, 0.2) is 0 Å². The molecule has 0 aliphatic rings. The molecule has 0 fully saturated rings. The molecular formula is C9H24N4O2S. The molecule has 0 aliphatic heterocycles. The molecule has 0 aliphatic carbocycles. The molecule has 0 rings (SSSR count). The predicted molar refractivity (Wildman–Crippen MR) is 66.4 cm³/mol. The third-order valence-electron chi connectivity index (χ3n) is 2.33. The van der Waals surface area contributed by atoms with Crippen LogP contribution in [0.1, 0.15) is 6.42 Å². The summed E-state index contributed by atoms with van der Waals surface area (Å²) in [5.41, 5.74) is 5.35. The van der Waals surface area contributed by atoms with Crippen LogP contribution in [-0.4, -0.2) is 76.3 Å². The maximum absolute atomic E-state index is 11.9. The summed E-state index contributed by atoms with van der Waals surface area (Å²) in [6, 6.07) is 0. The largest absolute Gasteiger partial charge is 0.330 e. The average molecular weight is 252 g/mol. The summed E-state index contributed by atoms with van der Waals surface area (Å²) >= 11 is 0. The number of likely N-dealkylation sites (N-methyl/N-ethyl adjacent to an activating group) is 2. The predicted octanol–water partition coefficient (Wildman–Crippen LogP) is -0.995. The number of hydrogen-bond donors (Lipinski definition) is 1. The zero-order chi connectivity index (χ0) is 12.8. The molecule has 2 N–H and O–H groups in total. The fraction of sp³-hybridized carbons (Fsp3) is 1.00. The van der Waals surface area contributed by atoms with Crippen LogP contribution in [0.15, 0.2) is 0 Å². The van der Waals surface area contributed by atoms with Gasteiger partial charge in [-0.1, -0.05) is 0 Å². The first-order chi connectivity index (χ1) is 7.32. The van der Waals surface area contributed by atoms with E-state index in [1.165, 1.54) is 8.61 Å². The topological polar surface area (TPSA) is 69.9 Å². The van der Waals surface area contributed by atoms with E-state index in [-0.39, 0.29) is 0 Å². The molecule has 16 heavy (non-hydrogen) atoms. The lowest BCUT2D eigenvalue weighted by atomic mass is 10.4. The van der Waals surface area contributed by atoms with Gasteiger partial charge >= 0.3 is 0 Å². The minimum atomic E-state index is -3.32. The van der Waals surface area contributed by atoms with Crippen molar-refractivity contribution in [3.05, 3.63) is 0 Å². The number of nitrogens with two attached hydrogens (primary N) is 1. The van der Waals surface area contributed by atoms with Crippen LogP contribution in [0.5, 0.6) is 0 Å². The van der Waals surface area contributed by atoms with Gasteiger partial charge in [0, 0.05) is 33.7 Å². The summed E-state index contributed by atoms with van der Waals surface area (Å²) in [5.74, 6) is 0. The van der Waals surface area contributed by atoms with Gasteiger partial charge in [-0.2, -0.15) is 17.0 Å². The third kappa shape index (κ3) is 5.22. The second kappa shape index (κ2) is 7.18. The summed E-state index contributed by atoms with van der Waals surface area (Å²) in [6.07, 6.45) is 0.678. The van der Waals surface area contributed by atoms with Crippen molar-refractivity contribution in [3.63, 3.8) is 0 Å². The molecule has 0 radical (unpaired) electrons. The van der Waals surface area contributed by atoms with Crippen molar-refractivity contribution in [3.8, 4) is 0 Å². The molecule has 0 saturated carbocycles. The van der Waals surface area contributed by atoms with Crippen LogP contribution in [-0.2, 0) is 10.2 Å². The van der Waals surface area contributed by atoms with E-state index in [2.05, 4.69) is 0 Å². The van der Waals surface area contributed by atoms with E-state index in [9.17, 15) is 8.42 Å². The molecule has 6 nitrogen and oxygen atoms in total. The van der Waals surface area contributed by atoms with Crippen LogP contribution in [0.2, 0.25) is 0 Å². The van der Waals surface area contributed by atoms with Gasteiger partial charge < -0.3 is 10.6 Å². The van der Waals surface area contributed by atoms with Crippen LogP contribution < -0.4 is 5.73 Å². The Labute approximate surface area is 99.2 Å². The van der Waals surface area contributed by atoms with Crippen LogP contribution in [0.25, 0.3) is 0 Å². The van der Waals surface area contributed by atoms with E-state index in [1.54, 1.807) is 14.1 Å². The van der Waals surface area contributed by atoms with Gasteiger partial charge in [-0.3, -0.25) is 0 Å². The minimum Gasteiger partial charge on any atom is -0.330 e. The quantitative estimate of drug-likeness (QED) is 0.602. The van der Waals surface area contributed by atoms with Gasteiger partial charge in [-0.25, -0.2) is 0 Å². The van der Waals surface area contributed by atoms with Crippen LogP contribution in [0.3, 0.4) is 0 Å². The monoisotopic (exact) mass is 252 g/mol. The van der Waals surface area contributed by atoms with Crippen molar-refractivity contribution in [1.29, 1.82) is 0 Å². The highest BCUT2D eigenvalue weighted by Crippen LogP contribution is 2.03. The number of nitrogens with zero attached hydrogens (tertiary/aromatic N) is 3. The Bertz CT molecular complexity index is 279. The van der Waals surface area contributed by atoms with Crippen molar-refractivity contribution in [2.75, 3.05) is 54.4 Å². The lowest BCUT2D eigenvalue weighted by Gasteiger charge is -2.25. The molecule has 0 heterocycles. The van der Waals surface area contributed by atoms with Crippen LogP contribution >= 0.6 is 0 Å². The van der Waals surface area contributed by atoms with Crippen molar-refractivity contribution < 1.29 is 8.42 Å². The van der Waals surface area contributed by atoms with E-state index in [4.69, 9.17) is 5.73 Å². The summed E-state index contributed by atoms with van der Waals surface area (Å²) in [6.45, 7) is 2.16.